The van der Waals surface area contributed by atoms with Crippen molar-refractivity contribution in [1.82, 2.24) is 0 Å². The smallest absolute Gasteiger partial charge is 0.363 e. The van der Waals surface area contributed by atoms with Crippen LogP contribution in [0.25, 0.3) is 6.08 Å². The quantitative estimate of drug-likeness (QED) is 0.269. The van der Waals surface area contributed by atoms with Crippen LogP contribution in [0.5, 0.6) is 5.75 Å². The number of aryl methyl sites for hydroxylation is 1. The van der Waals surface area contributed by atoms with E-state index in [0.29, 0.717) is 23.6 Å². The number of hydrogen-bond donors (Lipinski definition) is 1. The number of rotatable bonds is 6. The van der Waals surface area contributed by atoms with Crippen LogP contribution in [0.1, 0.15) is 29.2 Å². The molecule has 0 fully saturated rings. The Morgan fingerprint density at radius 2 is 1.76 bits per heavy atom. The Morgan fingerprint density at radius 3 is 2.41 bits per heavy atom. The zero-order valence-electron chi connectivity index (χ0n) is 18.4. The maximum absolute atomic E-state index is 12.4. The SMILES string of the molecule is CC(=O)Nc1ccc(C2=N/C(=C\c3cc(Br)c(OCc4ccccc4C)c(Br)c3)C(=O)O2)cc1. The van der Waals surface area contributed by atoms with Crippen molar-refractivity contribution in [2.75, 3.05) is 5.32 Å². The molecule has 0 radical (unpaired) electrons. The minimum atomic E-state index is -0.534. The fourth-order valence-corrected chi connectivity index (χ4v) is 4.76. The van der Waals surface area contributed by atoms with Gasteiger partial charge in [0.15, 0.2) is 5.70 Å². The van der Waals surface area contributed by atoms with Crippen molar-refractivity contribution in [3.8, 4) is 5.75 Å². The lowest BCUT2D eigenvalue weighted by atomic mass is 10.1. The van der Waals surface area contributed by atoms with Gasteiger partial charge in [-0.3, -0.25) is 4.79 Å². The Balaban J connectivity index is 1.53. The van der Waals surface area contributed by atoms with Gasteiger partial charge in [0.2, 0.25) is 11.8 Å². The number of nitrogens with zero attached hydrogens (tertiary/aromatic N) is 1. The first kappa shape index (κ1) is 23.9. The summed E-state index contributed by atoms with van der Waals surface area (Å²) in [5.41, 5.74) is 4.49. The summed E-state index contributed by atoms with van der Waals surface area (Å²) in [4.78, 5) is 27.9. The van der Waals surface area contributed by atoms with E-state index in [1.165, 1.54) is 6.92 Å². The van der Waals surface area contributed by atoms with E-state index in [-0.39, 0.29) is 17.5 Å². The second kappa shape index (κ2) is 10.4. The number of ether oxygens (including phenoxy) is 2. The summed E-state index contributed by atoms with van der Waals surface area (Å²) < 4.78 is 12.9. The third-order valence-corrected chi connectivity index (χ3v) is 6.21. The third-order valence-electron chi connectivity index (χ3n) is 5.03. The molecule has 0 aliphatic carbocycles. The van der Waals surface area contributed by atoms with Gasteiger partial charge in [0.25, 0.3) is 0 Å². The number of hydrogen-bond acceptors (Lipinski definition) is 5. The van der Waals surface area contributed by atoms with Crippen LogP contribution in [0.3, 0.4) is 0 Å². The lowest BCUT2D eigenvalue weighted by molar-refractivity contribution is -0.129. The van der Waals surface area contributed by atoms with E-state index in [9.17, 15) is 9.59 Å². The number of benzene rings is 3. The summed E-state index contributed by atoms with van der Waals surface area (Å²) in [5.74, 6) is 0.185. The maximum Gasteiger partial charge on any atom is 0.363 e. The lowest BCUT2D eigenvalue weighted by Gasteiger charge is -2.12. The second-order valence-corrected chi connectivity index (χ2v) is 9.33. The first-order valence-electron chi connectivity index (χ1n) is 10.4. The molecule has 1 aliphatic heterocycles. The molecule has 1 aliphatic rings. The summed E-state index contributed by atoms with van der Waals surface area (Å²) >= 11 is 7.12. The third kappa shape index (κ3) is 5.63. The van der Waals surface area contributed by atoms with E-state index in [0.717, 1.165) is 25.6 Å². The zero-order chi connectivity index (χ0) is 24.2. The van der Waals surface area contributed by atoms with Crippen molar-refractivity contribution in [2.24, 2.45) is 4.99 Å². The Bertz CT molecular complexity index is 1310. The fourth-order valence-electron chi connectivity index (χ4n) is 3.31. The minimum absolute atomic E-state index is 0.161. The van der Waals surface area contributed by atoms with E-state index in [4.69, 9.17) is 9.47 Å². The maximum atomic E-state index is 12.4. The lowest BCUT2D eigenvalue weighted by Crippen LogP contribution is -2.07. The molecule has 1 amide bonds. The number of carbonyl (C=O) groups excluding carboxylic acids is 2. The van der Waals surface area contributed by atoms with Crippen molar-refractivity contribution in [3.05, 3.63) is 97.6 Å². The van der Waals surface area contributed by atoms with Crippen LogP contribution >= 0.6 is 31.9 Å². The van der Waals surface area contributed by atoms with Gasteiger partial charge >= 0.3 is 5.97 Å². The van der Waals surface area contributed by atoms with Crippen LogP contribution in [0, 0.1) is 6.92 Å². The van der Waals surface area contributed by atoms with Crippen LogP contribution < -0.4 is 10.1 Å². The van der Waals surface area contributed by atoms with Crippen LogP contribution in [0.15, 0.2) is 80.3 Å². The fraction of sp³-hybridized carbons (Fsp3) is 0.115. The molecule has 0 aromatic heterocycles. The number of esters is 1. The molecule has 6 nitrogen and oxygen atoms in total. The average Bonchev–Trinajstić information content (AvgIpc) is 3.14. The topological polar surface area (TPSA) is 77.0 Å². The van der Waals surface area contributed by atoms with E-state index in [1.807, 2.05) is 43.3 Å². The summed E-state index contributed by atoms with van der Waals surface area (Å²) in [6.07, 6.45) is 1.65. The zero-order valence-corrected chi connectivity index (χ0v) is 21.6. The van der Waals surface area contributed by atoms with E-state index < -0.39 is 5.97 Å². The Morgan fingerprint density at radius 1 is 1.09 bits per heavy atom. The second-order valence-electron chi connectivity index (χ2n) is 7.62. The van der Waals surface area contributed by atoms with Gasteiger partial charge < -0.3 is 14.8 Å². The van der Waals surface area contributed by atoms with Gasteiger partial charge in [-0.15, -0.1) is 0 Å². The highest BCUT2D eigenvalue weighted by Gasteiger charge is 2.24. The highest BCUT2D eigenvalue weighted by atomic mass is 79.9. The van der Waals surface area contributed by atoms with Gasteiger partial charge in [-0.05, 0) is 97.9 Å². The number of aliphatic imine (C=N–C) groups is 1. The molecule has 3 aromatic rings. The number of nitrogens with one attached hydrogen (secondary N) is 1. The summed E-state index contributed by atoms with van der Waals surface area (Å²) in [5, 5.41) is 2.69. The van der Waals surface area contributed by atoms with E-state index in [1.54, 1.807) is 30.3 Å². The number of cyclic esters (lactones) is 1. The van der Waals surface area contributed by atoms with E-state index >= 15 is 0 Å². The van der Waals surface area contributed by atoms with Gasteiger partial charge in [0.1, 0.15) is 12.4 Å². The summed E-state index contributed by atoms with van der Waals surface area (Å²) in [6.45, 7) is 3.92. The first-order valence-corrected chi connectivity index (χ1v) is 12.0. The van der Waals surface area contributed by atoms with Gasteiger partial charge in [-0.2, -0.15) is 0 Å². The molecule has 34 heavy (non-hydrogen) atoms. The standard InChI is InChI=1S/C26H20Br2N2O4/c1-15-5-3-4-6-19(15)14-33-24-21(27)11-17(12-22(24)28)13-23-26(32)34-25(30-23)18-7-9-20(10-8-18)29-16(2)31/h3-13H,14H2,1-2H3,(H,29,31)/b23-13-. The molecule has 3 aromatic carbocycles. The van der Waals surface area contributed by atoms with Crippen LogP contribution in [0.4, 0.5) is 5.69 Å². The summed E-state index contributed by atoms with van der Waals surface area (Å²) in [7, 11) is 0. The highest BCUT2D eigenvalue weighted by molar-refractivity contribution is 9.11. The molecule has 1 heterocycles. The van der Waals surface area contributed by atoms with Crippen molar-refractivity contribution in [1.29, 1.82) is 0 Å². The van der Waals surface area contributed by atoms with Crippen molar-refractivity contribution in [3.63, 3.8) is 0 Å². The largest absolute Gasteiger partial charge is 0.487 e. The van der Waals surface area contributed by atoms with Crippen molar-refractivity contribution in [2.45, 2.75) is 20.5 Å². The monoisotopic (exact) mass is 582 g/mol. The van der Waals surface area contributed by atoms with Crippen molar-refractivity contribution < 1.29 is 19.1 Å². The predicted molar refractivity (Wildman–Crippen MR) is 139 cm³/mol. The molecule has 172 valence electrons. The number of carbonyl (C=O) groups is 2. The molecular formula is C26H20Br2N2O4. The molecule has 8 heteroatoms. The molecule has 0 spiro atoms. The van der Waals surface area contributed by atoms with Crippen LogP contribution in [-0.4, -0.2) is 17.8 Å². The molecule has 1 N–H and O–H groups in total. The van der Waals surface area contributed by atoms with Gasteiger partial charge in [0, 0.05) is 18.2 Å². The van der Waals surface area contributed by atoms with E-state index in [2.05, 4.69) is 42.2 Å². The van der Waals surface area contributed by atoms with Crippen LogP contribution in [0.2, 0.25) is 0 Å². The Kier molecular flexibility index (Phi) is 7.29. The average molecular weight is 584 g/mol. The molecular weight excluding hydrogens is 564 g/mol. The molecule has 0 saturated heterocycles. The number of amides is 1. The van der Waals surface area contributed by atoms with Gasteiger partial charge in [0.05, 0.1) is 8.95 Å². The van der Waals surface area contributed by atoms with Gasteiger partial charge in [-0.1, -0.05) is 24.3 Å². The first-order chi connectivity index (χ1) is 16.3. The molecule has 0 atom stereocenters. The van der Waals surface area contributed by atoms with Crippen LogP contribution in [-0.2, 0) is 20.9 Å². The number of anilines is 1. The molecule has 0 bridgehead atoms. The number of halogens is 2. The molecule has 0 unspecified atom stereocenters. The minimum Gasteiger partial charge on any atom is -0.487 e. The van der Waals surface area contributed by atoms with Gasteiger partial charge in [-0.25, -0.2) is 9.79 Å². The highest BCUT2D eigenvalue weighted by Crippen LogP contribution is 2.36. The predicted octanol–water partition coefficient (Wildman–Crippen LogP) is 6.40. The molecule has 0 saturated carbocycles. The normalized spacial score (nSPS) is 14.1. The Labute approximate surface area is 214 Å². The van der Waals surface area contributed by atoms with Crippen molar-refractivity contribution >= 4 is 61.4 Å². The Hall–Kier alpha value is -3.23. The summed E-state index contributed by atoms with van der Waals surface area (Å²) in [6, 6.07) is 18.7. The molecule has 4 rings (SSSR count).